The summed E-state index contributed by atoms with van der Waals surface area (Å²) in [6.07, 6.45) is 3.62. The summed E-state index contributed by atoms with van der Waals surface area (Å²) in [5.74, 6) is -1.21. The molecule has 17 heavy (non-hydrogen) atoms. The topological polar surface area (TPSA) is 110 Å². The summed E-state index contributed by atoms with van der Waals surface area (Å²) in [5, 5.41) is 14.9. The van der Waals surface area contributed by atoms with E-state index in [1.807, 2.05) is 0 Å². The Balaban J connectivity index is 2.35. The average Bonchev–Trinajstić information content (AvgIpc) is 2.69. The Bertz CT molecular complexity index is 402. The molecule has 0 aliphatic rings. The zero-order valence-electron chi connectivity index (χ0n) is 9.59. The molecule has 0 aliphatic carbocycles. The fraction of sp³-hybridized carbons (Fsp3) is 0.500. The van der Waals surface area contributed by atoms with Gasteiger partial charge in [0.15, 0.2) is 0 Å². The Morgan fingerprint density at radius 3 is 2.88 bits per heavy atom. The van der Waals surface area contributed by atoms with E-state index in [2.05, 4.69) is 10.4 Å². The number of nitrogens with one attached hydrogen (secondary N) is 1. The molecule has 1 aromatic heterocycles. The molecule has 1 aromatic rings. The first-order valence-corrected chi connectivity index (χ1v) is 5.24. The Kier molecular flexibility index (Phi) is 4.65. The van der Waals surface area contributed by atoms with Crippen LogP contribution in [0, 0.1) is 0 Å². The standard InChI is InChI=1S/C10H16N4O3/c1-14-6-7(5-13-14)9(11)10(17)12-4-2-3-8(15)16/h5-6,9H,2-4,11H2,1H3,(H,12,17)(H,15,16). The van der Waals surface area contributed by atoms with Crippen molar-refractivity contribution in [2.45, 2.75) is 18.9 Å². The average molecular weight is 240 g/mol. The summed E-state index contributed by atoms with van der Waals surface area (Å²) < 4.78 is 1.56. The van der Waals surface area contributed by atoms with Crippen LogP contribution < -0.4 is 11.1 Å². The van der Waals surface area contributed by atoms with Crippen molar-refractivity contribution in [2.75, 3.05) is 6.54 Å². The molecule has 0 aliphatic heterocycles. The van der Waals surface area contributed by atoms with Crippen LogP contribution in [0.3, 0.4) is 0 Å². The predicted molar refractivity (Wildman–Crippen MR) is 60.0 cm³/mol. The Morgan fingerprint density at radius 1 is 1.65 bits per heavy atom. The molecule has 0 fully saturated rings. The van der Waals surface area contributed by atoms with Crippen LogP contribution in [0.25, 0.3) is 0 Å². The highest BCUT2D eigenvalue weighted by Crippen LogP contribution is 2.08. The molecular formula is C10H16N4O3. The van der Waals surface area contributed by atoms with Gasteiger partial charge in [-0.2, -0.15) is 5.10 Å². The summed E-state index contributed by atoms with van der Waals surface area (Å²) in [7, 11) is 1.74. The summed E-state index contributed by atoms with van der Waals surface area (Å²) >= 11 is 0. The van der Waals surface area contributed by atoms with Crippen LogP contribution in [-0.2, 0) is 16.6 Å². The van der Waals surface area contributed by atoms with Crippen molar-refractivity contribution in [1.82, 2.24) is 15.1 Å². The van der Waals surface area contributed by atoms with Crippen LogP contribution in [0.1, 0.15) is 24.4 Å². The van der Waals surface area contributed by atoms with E-state index in [-0.39, 0.29) is 12.3 Å². The molecule has 0 aromatic carbocycles. The number of carbonyl (C=O) groups excluding carboxylic acids is 1. The molecule has 94 valence electrons. The minimum Gasteiger partial charge on any atom is -0.481 e. The van der Waals surface area contributed by atoms with E-state index in [1.54, 1.807) is 17.9 Å². The van der Waals surface area contributed by atoms with Gasteiger partial charge >= 0.3 is 5.97 Å². The molecular weight excluding hydrogens is 224 g/mol. The van der Waals surface area contributed by atoms with Crippen molar-refractivity contribution in [3.8, 4) is 0 Å². The normalized spacial score (nSPS) is 12.1. The lowest BCUT2D eigenvalue weighted by atomic mass is 10.1. The molecule has 0 saturated heterocycles. The van der Waals surface area contributed by atoms with Crippen molar-refractivity contribution < 1.29 is 14.7 Å². The first-order valence-electron chi connectivity index (χ1n) is 5.24. The van der Waals surface area contributed by atoms with E-state index in [0.717, 1.165) is 0 Å². The van der Waals surface area contributed by atoms with Crippen LogP contribution in [-0.4, -0.2) is 33.3 Å². The van der Waals surface area contributed by atoms with Crippen molar-refractivity contribution >= 4 is 11.9 Å². The number of hydrogen-bond acceptors (Lipinski definition) is 4. The summed E-state index contributed by atoms with van der Waals surface area (Å²) in [6, 6.07) is -0.770. The van der Waals surface area contributed by atoms with E-state index in [1.165, 1.54) is 6.20 Å². The highest BCUT2D eigenvalue weighted by atomic mass is 16.4. The lowest BCUT2D eigenvalue weighted by molar-refractivity contribution is -0.137. The zero-order chi connectivity index (χ0) is 12.8. The van der Waals surface area contributed by atoms with Crippen LogP contribution >= 0.6 is 0 Å². The molecule has 1 rings (SSSR count). The molecule has 0 spiro atoms. The van der Waals surface area contributed by atoms with Gasteiger partial charge in [0.2, 0.25) is 5.91 Å². The second-order valence-corrected chi connectivity index (χ2v) is 3.71. The van der Waals surface area contributed by atoms with E-state index >= 15 is 0 Å². The van der Waals surface area contributed by atoms with Crippen molar-refractivity contribution in [3.05, 3.63) is 18.0 Å². The van der Waals surface area contributed by atoms with Crippen LogP contribution in [0.5, 0.6) is 0 Å². The molecule has 0 saturated carbocycles. The third-order valence-corrected chi connectivity index (χ3v) is 2.23. The van der Waals surface area contributed by atoms with E-state index in [9.17, 15) is 9.59 Å². The Morgan fingerprint density at radius 2 is 2.35 bits per heavy atom. The second-order valence-electron chi connectivity index (χ2n) is 3.71. The maximum atomic E-state index is 11.6. The lowest BCUT2D eigenvalue weighted by Crippen LogP contribution is -2.34. The number of carboxylic acids is 1. The maximum Gasteiger partial charge on any atom is 0.303 e. The fourth-order valence-electron chi connectivity index (χ4n) is 1.31. The van der Waals surface area contributed by atoms with E-state index in [0.29, 0.717) is 18.5 Å². The van der Waals surface area contributed by atoms with Gasteiger partial charge in [-0.25, -0.2) is 0 Å². The van der Waals surface area contributed by atoms with Gasteiger partial charge in [-0.1, -0.05) is 0 Å². The van der Waals surface area contributed by atoms with Gasteiger partial charge in [0.1, 0.15) is 6.04 Å². The number of carboxylic acid groups (broad SMARTS) is 1. The largest absolute Gasteiger partial charge is 0.481 e. The van der Waals surface area contributed by atoms with Gasteiger partial charge in [0.05, 0.1) is 6.20 Å². The van der Waals surface area contributed by atoms with Crippen LogP contribution in [0.4, 0.5) is 0 Å². The number of amides is 1. The molecule has 1 heterocycles. The van der Waals surface area contributed by atoms with Crippen LogP contribution in [0.15, 0.2) is 12.4 Å². The number of aromatic nitrogens is 2. The smallest absolute Gasteiger partial charge is 0.303 e. The minimum absolute atomic E-state index is 0.0302. The molecule has 0 bridgehead atoms. The number of aryl methyl sites for hydroxylation is 1. The van der Waals surface area contributed by atoms with Crippen molar-refractivity contribution in [3.63, 3.8) is 0 Å². The van der Waals surface area contributed by atoms with Gasteiger partial charge in [-0.3, -0.25) is 14.3 Å². The van der Waals surface area contributed by atoms with Gasteiger partial charge < -0.3 is 16.2 Å². The third-order valence-electron chi connectivity index (χ3n) is 2.23. The number of carbonyl (C=O) groups is 2. The molecule has 7 nitrogen and oxygen atoms in total. The lowest BCUT2D eigenvalue weighted by Gasteiger charge is -2.09. The van der Waals surface area contributed by atoms with Gasteiger partial charge in [0.25, 0.3) is 0 Å². The summed E-state index contributed by atoms with van der Waals surface area (Å²) in [4.78, 5) is 21.8. The molecule has 1 amide bonds. The van der Waals surface area contributed by atoms with E-state index in [4.69, 9.17) is 10.8 Å². The number of nitrogens with zero attached hydrogens (tertiary/aromatic N) is 2. The zero-order valence-corrected chi connectivity index (χ0v) is 9.59. The SMILES string of the molecule is Cn1cc(C(N)C(=O)NCCCC(=O)O)cn1. The first-order chi connectivity index (χ1) is 8.00. The molecule has 4 N–H and O–H groups in total. The summed E-state index contributed by atoms with van der Waals surface area (Å²) in [6.45, 7) is 0.305. The summed E-state index contributed by atoms with van der Waals surface area (Å²) in [5.41, 5.74) is 6.34. The molecule has 1 atom stereocenters. The quantitative estimate of drug-likeness (QED) is 0.575. The predicted octanol–water partition coefficient (Wildman–Crippen LogP) is -0.599. The van der Waals surface area contributed by atoms with Crippen molar-refractivity contribution in [2.24, 2.45) is 12.8 Å². The van der Waals surface area contributed by atoms with Crippen LogP contribution in [0.2, 0.25) is 0 Å². The maximum absolute atomic E-state index is 11.6. The Labute approximate surface area is 98.6 Å². The Hall–Kier alpha value is -1.89. The highest BCUT2D eigenvalue weighted by molar-refractivity contribution is 5.82. The molecule has 1 unspecified atom stereocenters. The monoisotopic (exact) mass is 240 g/mol. The number of nitrogens with two attached hydrogens (primary N) is 1. The van der Waals surface area contributed by atoms with Gasteiger partial charge in [-0.15, -0.1) is 0 Å². The van der Waals surface area contributed by atoms with E-state index < -0.39 is 12.0 Å². The first kappa shape index (κ1) is 13.2. The second kappa shape index (κ2) is 6.00. The van der Waals surface area contributed by atoms with Gasteiger partial charge in [-0.05, 0) is 6.42 Å². The highest BCUT2D eigenvalue weighted by Gasteiger charge is 2.16. The molecule has 7 heteroatoms. The number of rotatable bonds is 6. The third kappa shape index (κ3) is 4.23. The fourth-order valence-corrected chi connectivity index (χ4v) is 1.31. The minimum atomic E-state index is -0.879. The molecule has 0 radical (unpaired) electrons. The number of hydrogen-bond donors (Lipinski definition) is 3. The van der Waals surface area contributed by atoms with Gasteiger partial charge in [0, 0.05) is 31.8 Å². The van der Waals surface area contributed by atoms with Crippen molar-refractivity contribution in [1.29, 1.82) is 0 Å². The number of aliphatic carboxylic acids is 1.